The van der Waals surface area contributed by atoms with Gasteiger partial charge in [0.2, 0.25) is 0 Å². The third-order valence-corrected chi connectivity index (χ3v) is 3.31. The number of amides is 1. The summed E-state index contributed by atoms with van der Waals surface area (Å²) < 4.78 is 5.23. The van der Waals surface area contributed by atoms with Crippen molar-refractivity contribution in [2.45, 2.75) is 59.6 Å². The van der Waals surface area contributed by atoms with Gasteiger partial charge in [-0.1, -0.05) is 57.8 Å². The zero-order chi connectivity index (χ0) is 18.2. The molecule has 0 aromatic carbocycles. The summed E-state index contributed by atoms with van der Waals surface area (Å²) in [7, 11) is 0. The number of hydrogen-bond donors (Lipinski definition) is 2. The first kappa shape index (κ1) is 21.4. The highest BCUT2D eigenvalue weighted by molar-refractivity contribution is 7.80. The molecule has 1 aliphatic rings. The minimum Gasteiger partial charge on any atom is -0.444 e. The molecule has 0 spiro atoms. The fraction of sp³-hybridized carbons (Fsp3) is 0.556. The largest absolute Gasteiger partial charge is 0.444 e. The first-order chi connectivity index (χ1) is 10.6. The molecular formula is C18H30N2O2S. The van der Waals surface area contributed by atoms with Crippen molar-refractivity contribution in [2.24, 2.45) is 11.7 Å². The Morgan fingerprint density at radius 1 is 1.48 bits per heavy atom. The summed E-state index contributed by atoms with van der Waals surface area (Å²) in [6, 6.07) is -0.438. The molecule has 1 aliphatic carbocycles. The Morgan fingerprint density at radius 3 is 2.48 bits per heavy atom. The van der Waals surface area contributed by atoms with Crippen LogP contribution >= 0.6 is 12.2 Å². The lowest BCUT2D eigenvalue weighted by molar-refractivity contribution is 0.0518. The van der Waals surface area contributed by atoms with Crippen LogP contribution in [0.4, 0.5) is 4.79 Å². The summed E-state index contributed by atoms with van der Waals surface area (Å²) in [6.07, 6.45) is 6.10. The first-order valence-corrected chi connectivity index (χ1v) is 8.35. The molecule has 0 aromatic rings. The molecule has 0 aromatic heterocycles. The molecule has 0 aliphatic heterocycles. The maximum absolute atomic E-state index is 11.8. The van der Waals surface area contributed by atoms with Crippen LogP contribution in [0, 0.1) is 5.92 Å². The van der Waals surface area contributed by atoms with E-state index in [2.05, 4.69) is 24.9 Å². The molecule has 0 heterocycles. The molecule has 1 rings (SSSR count). The second kappa shape index (κ2) is 9.50. The fourth-order valence-electron chi connectivity index (χ4n) is 1.84. The van der Waals surface area contributed by atoms with Gasteiger partial charge in [0.05, 0.1) is 11.0 Å². The van der Waals surface area contributed by atoms with E-state index in [-0.39, 0.29) is 4.99 Å². The van der Waals surface area contributed by atoms with Crippen molar-refractivity contribution in [1.29, 1.82) is 0 Å². The molecule has 0 saturated carbocycles. The predicted octanol–water partition coefficient (Wildman–Crippen LogP) is 4.27. The van der Waals surface area contributed by atoms with Gasteiger partial charge in [-0.3, -0.25) is 0 Å². The van der Waals surface area contributed by atoms with Crippen molar-refractivity contribution in [3.63, 3.8) is 0 Å². The van der Waals surface area contributed by atoms with Gasteiger partial charge in [-0.25, -0.2) is 4.79 Å². The Morgan fingerprint density at radius 2 is 2.04 bits per heavy atom. The van der Waals surface area contributed by atoms with E-state index in [1.165, 1.54) is 0 Å². The van der Waals surface area contributed by atoms with Crippen LogP contribution in [0.5, 0.6) is 0 Å². The molecule has 3 N–H and O–H groups in total. The lowest BCUT2D eigenvalue weighted by atomic mass is 9.91. The van der Waals surface area contributed by atoms with E-state index in [0.717, 1.165) is 11.1 Å². The number of ether oxygens (including phenoxy) is 1. The number of thiocarbonyl (C=S) groups is 1. The second-order valence-electron chi connectivity index (χ2n) is 6.25. The molecule has 1 amide bonds. The molecule has 0 fully saturated rings. The zero-order valence-corrected chi connectivity index (χ0v) is 15.9. The van der Waals surface area contributed by atoms with Gasteiger partial charge >= 0.3 is 6.09 Å². The van der Waals surface area contributed by atoms with Crippen LogP contribution in [0.15, 0.2) is 36.0 Å². The van der Waals surface area contributed by atoms with E-state index in [1.807, 2.05) is 26.0 Å². The van der Waals surface area contributed by atoms with Crippen molar-refractivity contribution in [2.75, 3.05) is 0 Å². The van der Waals surface area contributed by atoms with E-state index < -0.39 is 17.7 Å². The van der Waals surface area contributed by atoms with E-state index in [1.54, 1.807) is 20.8 Å². The number of nitrogens with two attached hydrogens (primary N) is 1. The van der Waals surface area contributed by atoms with Gasteiger partial charge < -0.3 is 15.8 Å². The summed E-state index contributed by atoms with van der Waals surface area (Å²) in [5.41, 5.74) is 7.23. The normalized spacial score (nSPS) is 18.3. The summed E-state index contributed by atoms with van der Waals surface area (Å²) >= 11 is 5.03. The number of alkyl carbamates (subject to hydrolysis) is 1. The van der Waals surface area contributed by atoms with Crippen LogP contribution in [0.1, 0.15) is 48.0 Å². The molecule has 5 heteroatoms. The summed E-state index contributed by atoms with van der Waals surface area (Å²) in [5, 5.41) is 2.71. The monoisotopic (exact) mass is 338 g/mol. The van der Waals surface area contributed by atoms with Crippen molar-refractivity contribution < 1.29 is 9.53 Å². The topological polar surface area (TPSA) is 64.3 Å². The van der Waals surface area contributed by atoms with E-state index in [4.69, 9.17) is 22.7 Å². The Balaban J connectivity index is 0.00000232. The van der Waals surface area contributed by atoms with Crippen LogP contribution < -0.4 is 11.1 Å². The molecule has 0 radical (unpaired) electrons. The van der Waals surface area contributed by atoms with E-state index in [0.29, 0.717) is 12.3 Å². The minimum atomic E-state index is -0.557. The molecule has 0 bridgehead atoms. The second-order valence-corrected chi connectivity index (χ2v) is 6.72. The molecular weight excluding hydrogens is 308 g/mol. The van der Waals surface area contributed by atoms with Crippen LogP contribution in [-0.4, -0.2) is 22.7 Å². The van der Waals surface area contributed by atoms with Gasteiger partial charge in [-0.2, -0.15) is 0 Å². The Hall–Kier alpha value is -1.62. The Bertz CT molecular complexity index is 502. The Kier molecular flexibility index (Phi) is 8.83. The van der Waals surface area contributed by atoms with Crippen molar-refractivity contribution in [1.82, 2.24) is 5.32 Å². The van der Waals surface area contributed by atoms with Gasteiger partial charge in [0.1, 0.15) is 5.60 Å². The average molecular weight is 339 g/mol. The lowest BCUT2D eigenvalue weighted by Gasteiger charge is -2.24. The number of rotatable bonds is 4. The quantitative estimate of drug-likeness (QED) is 0.751. The lowest BCUT2D eigenvalue weighted by Crippen LogP contribution is -2.45. The summed E-state index contributed by atoms with van der Waals surface area (Å²) in [4.78, 5) is 12.1. The number of hydrogen-bond acceptors (Lipinski definition) is 3. The van der Waals surface area contributed by atoms with Gasteiger partial charge in [-0.15, -0.1) is 0 Å². The number of carbonyl (C=O) groups excluding carboxylic acids is 1. The highest BCUT2D eigenvalue weighted by Crippen LogP contribution is 2.23. The Labute approximate surface area is 145 Å². The van der Waals surface area contributed by atoms with Crippen LogP contribution in [-0.2, 0) is 4.74 Å². The standard InChI is InChI=1S/C16H24N2O2S.C2H6/c1-10-6-7-12(8-11(10)2)9-13(14(17)21)18-15(19)20-16(3,4)5;1-2/h6-8,10,13H,2,9H2,1,3-5H3,(H2,17,21)(H,18,19);1-2H3. The molecule has 0 saturated heterocycles. The van der Waals surface area contributed by atoms with Crippen molar-refractivity contribution in [3.8, 4) is 0 Å². The maximum atomic E-state index is 11.8. The third kappa shape index (κ3) is 8.55. The SMILES string of the molecule is C=C1C=C(CC(NC(=O)OC(C)(C)C)C(N)=S)C=CC1C.CC. The molecule has 130 valence electrons. The zero-order valence-electron chi connectivity index (χ0n) is 15.1. The number of allylic oxidation sites excluding steroid dienone is 4. The fourth-order valence-corrected chi connectivity index (χ4v) is 1.99. The van der Waals surface area contributed by atoms with Gasteiger partial charge in [0.15, 0.2) is 0 Å². The van der Waals surface area contributed by atoms with E-state index in [9.17, 15) is 4.79 Å². The van der Waals surface area contributed by atoms with E-state index >= 15 is 0 Å². The molecule has 2 unspecified atom stereocenters. The van der Waals surface area contributed by atoms with Crippen LogP contribution in [0.25, 0.3) is 0 Å². The number of carbonyl (C=O) groups is 1. The minimum absolute atomic E-state index is 0.236. The van der Waals surface area contributed by atoms with Gasteiger partial charge in [0.25, 0.3) is 0 Å². The predicted molar refractivity (Wildman–Crippen MR) is 101 cm³/mol. The van der Waals surface area contributed by atoms with Gasteiger partial charge in [-0.05, 0) is 44.3 Å². The molecule has 4 nitrogen and oxygen atoms in total. The molecule has 23 heavy (non-hydrogen) atoms. The number of nitrogens with one attached hydrogen (secondary N) is 1. The highest BCUT2D eigenvalue weighted by atomic mass is 32.1. The van der Waals surface area contributed by atoms with Gasteiger partial charge in [0, 0.05) is 0 Å². The summed E-state index contributed by atoms with van der Waals surface area (Å²) in [6.45, 7) is 15.5. The molecule has 2 atom stereocenters. The van der Waals surface area contributed by atoms with Crippen LogP contribution in [0.2, 0.25) is 0 Å². The highest BCUT2D eigenvalue weighted by Gasteiger charge is 2.22. The maximum Gasteiger partial charge on any atom is 0.408 e. The van der Waals surface area contributed by atoms with Crippen molar-refractivity contribution in [3.05, 3.63) is 36.0 Å². The smallest absolute Gasteiger partial charge is 0.408 e. The third-order valence-electron chi connectivity index (χ3n) is 3.03. The van der Waals surface area contributed by atoms with Crippen LogP contribution in [0.3, 0.4) is 0 Å². The first-order valence-electron chi connectivity index (χ1n) is 7.95. The van der Waals surface area contributed by atoms with Crippen molar-refractivity contribution >= 4 is 23.3 Å². The summed E-state index contributed by atoms with van der Waals surface area (Å²) in [5.74, 6) is 0.329. The average Bonchev–Trinajstić information content (AvgIpc) is 2.42.